The fourth-order valence-corrected chi connectivity index (χ4v) is 3.48. The summed E-state index contributed by atoms with van der Waals surface area (Å²) in [4.78, 5) is 10.1. The summed E-state index contributed by atoms with van der Waals surface area (Å²) >= 11 is 5.08. The van der Waals surface area contributed by atoms with Crippen LogP contribution in [-0.4, -0.2) is 14.4 Å². The molecule has 0 N–H and O–H groups in total. The number of aromatic nitrogens is 3. The lowest BCUT2D eigenvalue weighted by atomic mass is 9.87. The van der Waals surface area contributed by atoms with Crippen molar-refractivity contribution >= 4 is 33.3 Å². The highest BCUT2D eigenvalue weighted by Gasteiger charge is 2.14. The first kappa shape index (κ1) is 14.6. The largest absolute Gasteiger partial charge is 0.302 e. The van der Waals surface area contributed by atoms with Crippen molar-refractivity contribution in [3.63, 3.8) is 0 Å². The van der Waals surface area contributed by atoms with Crippen LogP contribution >= 0.6 is 27.7 Å². The van der Waals surface area contributed by atoms with Gasteiger partial charge in [-0.25, -0.2) is 9.97 Å². The van der Waals surface area contributed by atoms with Crippen LogP contribution in [0.5, 0.6) is 0 Å². The number of rotatable bonds is 2. The zero-order chi connectivity index (χ0) is 15.0. The maximum atomic E-state index is 4.54. The molecule has 0 spiro atoms. The average Bonchev–Trinajstić information content (AvgIpc) is 2.86. The molecule has 0 amide bonds. The van der Waals surface area contributed by atoms with Crippen molar-refractivity contribution in [2.24, 2.45) is 0 Å². The number of halogens is 1. The van der Waals surface area contributed by atoms with Crippen LogP contribution in [0.4, 0.5) is 0 Å². The van der Waals surface area contributed by atoms with E-state index in [4.69, 9.17) is 0 Å². The van der Waals surface area contributed by atoms with Crippen LogP contribution in [0.3, 0.4) is 0 Å². The lowest BCUT2D eigenvalue weighted by molar-refractivity contribution is 0.590. The van der Waals surface area contributed by atoms with Gasteiger partial charge in [0.1, 0.15) is 9.63 Å². The lowest BCUT2D eigenvalue weighted by Gasteiger charge is -2.19. The average molecular weight is 362 g/mol. The Labute approximate surface area is 136 Å². The number of hydrogen-bond acceptors (Lipinski definition) is 3. The molecule has 0 saturated carbocycles. The molecule has 3 rings (SSSR count). The van der Waals surface area contributed by atoms with Crippen LogP contribution < -0.4 is 0 Å². The molecule has 3 aromatic rings. The van der Waals surface area contributed by atoms with Crippen LogP contribution in [0.1, 0.15) is 26.3 Å². The van der Waals surface area contributed by atoms with Crippen LogP contribution in [0.15, 0.2) is 57.4 Å². The summed E-state index contributed by atoms with van der Waals surface area (Å²) in [5.74, 6) is 0. The molecule has 0 aliphatic rings. The summed E-state index contributed by atoms with van der Waals surface area (Å²) < 4.78 is 2.78. The Hall–Kier alpha value is -1.33. The minimum absolute atomic E-state index is 0.174. The molecule has 1 aromatic carbocycles. The van der Waals surface area contributed by atoms with E-state index in [-0.39, 0.29) is 5.41 Å². The summed E-state index contributed by atoms with van der Waals surface area (Å²) in [5, 5.41) is 0.901. The van der Waals surface area contributed by atoms with Gasteiger partial charge in [0.05, 0.1) is 0 Å². The molecule has 0 aliphatic heterocycles. The van der Waals surface area contributed by atoms with Gasteiger partial charge in [0.15, 0.2) is 5.65 Å². The molecule has 0 aliphatic carbocycles. The first-order chi connectivity index (χ1) is 9.93. The molecule has 0 fully saturated rings. The van der Waals surface area contributed by atoms with E-state index in [1.807, 2.05) is 16.8 Å². The van der Waals surface area contributed by atoms with E-state index in [0.717, 1.165) is 15.3 Å². The molecule has 3 nitrogen and oxygen atoms in total. The lowest BCUT2D eigenvalue weighted by Crippen LogP contribution is -2.10. The molecule has 5 heteroatoms. The van der Waals surface area contributed by atoms with E-state index in [1.54, 1.807) is 18.0 Å². The van der Waals surface area contributed by atoms with Gasteiger partial charge in [0, 0.05) is 23.5 Å². The van der Waals surface area contributed by atoms with Gasteiger partial charge in [-0.1, -0.05) is 44.7 Å². The summed E-state index contributed by atoms with van der Waals surface area (Å²) in [7, 11) is 0. The second kappa shape index (κ2) is 5.46. The van der Waals surface area contributed by atoms with Gasteiger partial charge in [-0.05, 0) is 39.0 Å². The fourth-order valence-electron chi connectivity index (χ4n) is 2.08. The molecule has 0 bridgehead atoms. The number of fused-ring (bicyclic) bond motifs is 1. The van der Waals surface area contributed by atoms with E-state index in [0.29, 0.717) is 0 Å². The summed E-state index contributed by atoms with van der Waals surface area (Å²) in [6.45, 7) is 6.66. The van der Waals surface area contributed by atoms with Gasteiger partial charge in [-0.15, -0.1) is 0 Å². The normalized spacial score (nSPS) is 12.0. The van der Waals surface area contributed by atoms with Crippen molar-refractivity contribution in [3.8, 4) is 0 Å². The Bertz CT molecular complexity index is 772. The van der Waals surface area contributed by atoms with Crippen molar-refractivity contribution < 1.29 is 0 Å². The van der Waals surface area contributed by atoms with Gasteiger partial charge >= 0.3 is 0 Å². The summed E-state index contributed by atoms with van der Waals surface area (Å²) in [6.07, 6.45) is 5.62. The Balaban J connectivity index is 1.93. The van der Waals surface area contributed by atoms with Gasteiger partial charge in [0.25, 0.3) is 0 Å². The molecule has 108 valence electrons. The third-order valence-corrected chi connectivity index (χ3v) is 4.61. The van der Waals surface area contributed by atoms with E-state index in [2.05, 4.69) is 70.9 Å². The zero-order valence-electron chi connectivity index (χ0n) is 12.2. The molecule has 0 radical (unpaired) electrons. The van der Waals surface area contributed by atoms with Crippen LogP contribution in [0.2, 0.25) is 0 Å². The molecule has 0 saturated heterocycles. The number of benzene rings is 1. The molecule has 2 heterocycles. The molecule has 0 atom stereocenters. The fraction of sp³-hybridized carbons (Fsp3) is 0.250. The van der Waals surface area contributed by atoms with Crippen molar-refractivity contribution in [2.45, 2.75) is 36.1 Å². The Kier molecular flexibility index (Phi) is 3.80. The molecule has 0 unspecified atom stereocenters. The highest BCUT2D eigenvalue weighted by atomic mass is 79.9. The van der Waals surface area contributed by atoms with E-state index in [9.17, 15) is 0 Å². The molecule has 2 aromatic heterocycles. The highest BCUT2D eigenvalue weighted by Crippen LogP contribution is 2.31. The van der Waals surface area contributed by atoms with E-state index < -0.39 is 0 Å². The van der Waals surface area contributed by atoms with Gasteiger partial charge in [-0.2, -0.15) is 0 Å². The van der Waals surface area contributed by atoms with Crippen molar-refractivity contribution in [3.05, 3.63) is 53.0 Å². The third kappa shape index (κ3) is 3.14. The highest BCUT2D eigenvalue weighted by molar-refractivity contribution is 9.10. The predicted octanol–water partition coefficient (Wildman–Crippen LogP) is 4.94. The third-order valence-electron chi connectivity index (χ3n) is 3.25. The van der Waals surface area contributed by atoms with Crippen LogP contribution in [0, 0.1) is 0 Å². The van der Waals surface area contributed by atoms with Crippen LogP contribution in [-0.2, 0) is 5.41 Å². The van der Waals surface area contributed by atoms with E-state index >= 15 is 0 Å². The Morgan fingerprint density at radius 1 is 1.14 bits per heavy atom. The van der Waals surface area contributed by atoms with Crippen LogP contribution in [0.25, 0.3) is 5.65 Å². The van der Waals surface area contributed by atoms with Gasteiger partial charge in [0.2, 0.25) is 0 Å². The summed E-state index contributed by atoms with van der Waals surface area (Å²) in [6, 6.07) is 8.66. The second-order valence-electron chi connectivity index (χ2n) is 5.90. The van der Waals surface area contributed by atoms with Gasteiger partial charge < -0.3 is 4.40 Å². The molecular formula is C16H16BrN3S. The smallest absolute Gasteiger partial charge is 0.170 e. The number of nitrogens with zero attached hydrogens (tertiary/aromatic N) is 3. The quantitative estimate of drug-likeness (QED) is 0.647. The maximum Gasteiger partial charge on any atom is 0.170 e. The SMILES string of the molecule is CC(C)(C)c1ccc(Sc2nc(Br)cn3ccnc23)cc1. The minimum atomic E-state index is 0.174. The first-order valence-electron chi connectivity index (χ1n) is 6.71. The second-order valence-corrected chi connectivity index (χ2v) is 7.78. The maximum absolute atomic E-state index is 4.54. The van der Waals surface area contributed by atoms with E-state index in [1.165, 1.54) is 10.5 Å². The first-order valence-corrected chi connectivity index (χ1v) is 8.32. The number of hydrogen-bond donors (Lipinski definition) is 0. The monoisotopic (exact) mass is 361 g/mol. The molecule has 21 heavy (non-hydrogen) atoms. The van der Waals surface area contributed by atoms with Gasteiger partial charge in [-0.3, -0.25) is 0 Å². The predicted molar refractivity (Wildman–Crippen MR) is 90.0 cm³/mol. The van der Waals surface area contributed by atoms with Crippen molar-refractivity contribution in [2.75, 3.05) is 0 Å². The zero-order valence-corrected chi connectivity index (χ0v) is 14.6. The van der Waals surface area contributed by atoms with Crippen molar-refractivity contribution in [1.29, 1.82) is 0 Å². The molecular weight excluding hydrogens is 346 g/mol. The number of imidazole rings is 1. The standard InChI is InChI=1S/C16H16BrN3S/c1-16(2,3)11-4-6-12(7-5-11)21-15-14-18-8-9-20(14)10-13(17)19-15/h4-10H,1-3H3. The minimum Gasteiger partial charge on any atom is -0.302 e. The Morgan fingerprint density at radius 2 is 1.86 bits per heavy atom. The summed E-state index contributed by atoms with van der Waals surface area (Å²) in [5.41, 5.74) is 2.39. The topological polar surface area (TPSA) is 30.2 Å². The van der Waals surface area contributed by atoms with Crippen molar-refractivity contribution in [1.82, 2.24) is 14.4 Å². The Morgan fingerprint density at radius 3 is 2.52 bits per heavy atom.